The molecular weight excluding hydrogens is 550 g/mol. The molecule has 4 rings (SSSR count). The molecule has 0 aliphatic carbocycles. The fraction of sp³-hybridized carbons (Fsp3) is 0.417. The molecule has 1 fully saturated rings. The normalized spacial score (nSPS) is 18.9. The summed E-state index contributed by atoms with van der Waals surface area (Å²) in [5.74, 6) is -1.29. The summed E-state index contributed by atoms with van der Waals surface area (Å²) in [4.78, 5) is 51.3. The molecule has 2 aliphatic rings. The number of rotatable bonds is 8. The zero-order valence-electron chi connectivity index (χ0n) is 21.1. The number of para-hydroxylation sites is 1. The van der Waals surface area contributed by atoms with Crippen molar-refractivity contribution in [3.63, 3.8) is 0 Å². The Balaban J connectivity index is 1.39. The van der Waals surface area contributed by atoms with Gasteiger partial charge in [-0.05, 0) is 44.9 Å². The molecule has 3 N–H and O–H groups in total. The van der Waals surface area contributed by atoms with Crippen LogP contribution in [0.5, 0.6) is 0 Å². The Morgan fingerprint density at radius 3 is 2.63 bits per heavy atom. The molecule has 1 aromatic heterocycles. The summed E-state index contributed by atoms with van der Waals surface area (Å²) in [6.45, 7) is 7.09. The predicted octanol–water partition coefficient (Wildman–Crippen LogP) is 3.27. The number of anilines is 1. The van der Waals surface area contributed by atoms with Gasteiger partial charge in [0.25, 0.3) is 5.91 Å². The summed E-state index contributed by atoms with van der Waals surface area (Å²) in [6, 6.07) is 5.98. The minimum atomic E-state index is -1.18. The van der Waals surface area contributed by atoms with Crippen molar-refractivity contribution in [3.05, 3.63) is 46.1 Å². The van der Waals surface area contributed by atoms with Crippen LogP contribution in [-0.4, -0.2) is 72.6 Å². The molecule has 2 atom stereocenters. The van der Waals surface area contributed by atoms with Crippen LogP contribution in [0, 0.1) is 6.92 Å². The first-order chi connectivity index (χ1) is 17.9. The summed E-state index contributed by atoms with van der Waals surface area (Å²) < 4.78 is 6.01. The van der Waals surface area contributed by atoms with E-state index in [1.807, 2.05) is 6.92 Å². The number of benzene rings is 1. The SMILES string of the molecule is Cc1nnc(SCC2=C(C(=O)O)N3C(=O)C(NC(=O)Cc4ccccc4NC(=O)OC(C)(C)C)[C@H]3SC2)s1. The lowest BCUT2D eigenvalue weighted by Gasteiger charge is -2.49. The van der Waals surface area contributed by atoms with Gasteiger partial charge in [-0.15, -0.1) is 22.0 Å². The van der Waals surface area contributed by atoms with Gasteiger partial charge in [-0.25, -0.2) is 9.59 Å². The van der Waals surface area contributed by atoms with Gasteiger partial charge in [-0.1, -0.05) is 41.3 Å². The molecule has 2 aromatic rings. The summed E-state index contributed by atoms with van der Waals surface area (Å²) in [7, 11) is 0. The lowest BCUT2D eigenvalue weighted by molar-refractivity contribution is -0.150. The second kappa shape index (κ2) is 11.3. The zero-order valence-corrected chi connectivity index (χ0v) is 23.6. The number of nitrogens with one attached hydrogen (secondary N) is 2. The van der Waals surface area contributed by atoms with Gasteiger partial charge in [0.1, 0.15) is 27.7 Å². The molecule has 0 bridgehead atoms. The third kappa shape index (κ3) is 6.48. The van der Waals surface area contributed by atoms with Gasteiger partial charge in [0.15, 0.2) is 4.34 Å². The fourth-order valence-electron chi connectivity index (χ4n) is 3.89. The topological polar surface area (TPSA) is 151 Å². The number of carboxylic acids is 1. The summed E-state index contributed by atoms with van der Waals surface area (Å²) in [5.41, 5.74) is 0.882. The van der Waals surface area contributed by atoms with Gasteiger partial charge in [0, 0.05) is 17.2 Å². The molecule has 1 unspecified atom stereocenters. The highest BCUT2D eigenvalue weighted by molar-refractivity contribution is 8.01. The van der Waals surface area contributed by atoms with Crippen molar-refractivity contribution in [2.24, 2.45) is 0 Å². The van der Waals surface area contributed by atoms with Gasteiger partial charge in [-0.2, -0.15) is 0 Å². The molecule has 3 heterocycles. The highest BCUT2D eigenvalue weighted by atomic mass is 32.2. The van der Waals surface area contributed by atoms with E-state index < -0.39 is 40.9 Å². The maximum atomic E-state index is 13.0. The molecule has 11 nitrogen and oxygen atoms in total. The van der Waals surface area contributed by atoms with E-state index in [0.29, 0.717) is 28.3 Å². The largest absolute Gasteiger partial charge is 0.477 e. The zero-order chi connectivity index (χ0) is 27.6. The number of ether oxygens (including phenoxy) is 1. The van der Waals surface area contributed by atoms with Crippen LogP contribution >= 0.6 is 34.9 Å². The number of aliphatic carboxylic acids is 1. The van der Waals surface area contributed by atoms with E-state index in [1.165, 1.54) is 39.8 Å². The van der Waals surface area contributed by atoms with E-state index in [4.69, 9.17) is 4.74 Å². The molecule has 0 saturated carbocycles. The van der Waals surface area contributed by atoms with E-state index in [0.717, 1.165) is 9.35 Å². The lowest BCUT2D eigenvalue weighted by atomic mass is 10.0. The number of aromatic nitrogens is 2. The number of hydrogen-bond acceptors (Lipinski definition) is 10. The molecule has 1 aromatic carbocycles. The van der Waals surface area contributed by atoms with Crippen LogP contribution in [0.15, 0.2) is 39.9 Å². The van der Waals surface area contributed by atoms with Crippen LogP contribution in [-0.2, 0) is 25.5 Å². The van der Waals surface area contributed by atoms with Crippen LogP contribution in [0.2, 0.25) is 0 Å². The van der Waals surface area contributed by atoms with E-state index in [9.17, 15) is 24.3 Å². The minimum absolute atomic E-state index is 0.0371. The third-order valence-corrected chi connectivity index (χ3v) is 8.85. The van der Waals surface area contributed by atoms with E-state index in [2.05, 4.69) is 20.8 Å². The maximum Gasteiger partial charge on any atom is 0.412 e. The Labute approximate surface area is 231 Å². The number of aryl methyl sites for hydroxylation is 1. The van der Waals surface area contributed by atoms with E-state index >= 15 is 0 Å². The number of thioether (sulfide) groups is 2. The molecule has 38 heavy (non-hydrogen) atoms. The summed E-state index contributed by atoms with van der Waals surface area (Å²) >= 11 is 4.21. The van der Waals surface area contributed by atoms with Crippen molar-refractivity contribution in [2.75, 3.05) is 16.8 Å². The highest BCUT2D eigenvalue weighted by Crippen LogP contribution is 2.41. The number of carboxylic acid groups (broad SMARTS) is 1. The second-order valence-electron chi connectivity index (χ2n) is 9.55. The first-order valence-corrected chi connectivity index (χ1v) is 14.5. The van der Waals surface area contributed by atoms with Crippen molar-refractivity contribution < 1.29 is 29.0 Å². The maximum absolute atomic E-state index is 13.0. The Morgan fingerprint density at radius 2 is 1.97 bits per heavy atom. The van der Waals surface area contributed by atoms with Crippen LogP contribution in [0.3, 0.4) is 0 Å². The highest BCUT2D eigenvalue weighted by Gasteiger charge is 2.54. The smallest absolute Gasteiger partial charge is 0.412 e. The number of fused-ring (bicyclic) bond motifs is 1. The predicted molar refractivity (Wildman–Crippen MR) is 145 cm³/mol. The number of β-lactam (4-membered cyclic amide) rings is 1. The standard InChI is InChI=1S/C24H27N5O6S3/c1-12-27-28-23(38-12)37-11-14-10-36-20-17(19(31)29(20)18(14)21(32)33)26-16(30)9-13-7-5-6-8-15(13)25-22(34)35-24(2,3)4/h5-8,17,20H,9-11H2,1-4H3,(H,25,34)(H,26,30)(H,32,33)/t17?,20-/m1/s1. The van der Waals surface area contributed by atoms with Gasteiger partial charge in [0.2, 0.25) is 5.91 Å². The number of nitrogens with zero attached hydrogens (tertiary/aromatic N) is 3. The first-order valence-electron chi connectivity index (χ1n) is 11.6. The van der Waals surface area contributed by atoms with Crippen LogP contribution in [0.1, 0.15) is 31.3 Å². The van der Waals surface area contributed by atoms with Crippen molar-refractivity contribution in [2.45, 2.75) is 55.5 Å². The average molecular weight is 578 g/mol. The first kappa shape index (κ1) is 27.9. The average Bonchev–Trinajstić information content (AvgIpc) is 3.25. The molecular formula is C24H27N5O6S3. The molecule has 2 aliphatic heterocycles. The molecule has 202 valence electrons. The van der Waals surface area contributed by atoms with Gasteiger partial charge in [0.05, 0.1) is 6.42 Å². The third-order valence-electron chi connectivity index (χ3n) is 5.45. The van der Waals surface area contributed by atoms with Crippen LogP contribution in [0.4, 0.5) is 10.5 Å². The second-order valence-corrected chi connectivity index (χ2v) is 13.1. The quantitative estimate of drug-likeness (QED) is 0.315. The molecule has 3 amide bonds. The van der Waals surface area contributed by atoms with Gasteiger partial charge >= 0.3 is 12.1 Å². The van der Waals surface area contributed by atoms with Gasteiger partial charge in [-0.3, -0.25) is 19.8 Å². The summed E-state index contributed by atoms with van der Waals surface area (Å²) in [5, 5.41) is 23.6. The Morgan fingerprint density at radius 1 is 1.24 bits per heavy atom. The van der Waals surface area contributed by atoms with Gasteiger partial charge < -0.3 is 15.2 Å². The molecule has 14 heteroatoms. The number of amides is 3. The van der Waals surface area contributed by atoms with Crippen molar-refractivity contribution >= 4 is 64.4 Å². The molecule has 0 radical (unpaired) electrons. The number of carbonyl (C=O) groups excluding carboxylic acids is 3. The van der Waals surface area contributed by atoms with Crippen LogP contribution in [0.25, 0.3) is 0 Å². The van der Waals surface area contributed by atoms with Crippen molar-refractivity contribution in [3.8, 4) is 0 Å². The van der Waals surface area contributed by atoms with Crippen LogP contribution < -0.4 is 10.6 Å². The Hall–Kier alpha value is -3.10. The monoisotopic (exact) mass is 577 g/mol. The fourth-order valence-corrected chi connectivity index (χ4v) is 7.19. The summed E-state index contributed by atoms with van der Waals surface area (Å²) in [6.07, 6.45) is -0.727. The van der Waals surface area contributed by atoms with Crippen molar-refractivity contribution in [1.82, 2.24) is 20.4 Å². The molecule has 0 spiro atoms. The van der Waals surface area contributed by atoms with E-state index in [1.54, 1.807) is 45.0 Å². The molecule has 1 saturated heterocycles. The Kier molecular flexibility index (Phi) is 8.33. The van der Waals surface area contributed by atoms with E-state index in [-0.39, 0.29) is 12.1 Å². The number of hydrogen-bond donors (Lipinski definition) is 3. The van der Waals surface area contributed by atoms with Crippen molar-refractivity contribution in [1.29, 1.82) is 0 Å². The number of carbonyl (C=O) groups is 4. The minimum Gasteiger partial charge on any atom is -0.477 e. The Bertz CT molecular complexity index is 1300. The lowest BCUT2D eigenvalue weighted by Crippen LogP contribution is -2.70.